The van der Waals surface area contributed by atoms with Crippen molar-refractivity contribution in [1.82, 2.24) is 4.98 Å². The van der Waals surface area contributed by atoms with Crippen LogP contribution in [0.1, 0.15) is 0 Å². The number of nitrogens with one attached hydrogen (secondary N) is 1. The Balaban J connectivity index is 2.26. The maximum atomic E-state index is 5.39. The summed E-state index contributed by atoms with van der Waals surface area (Å²) in [6, 6.07) is 7.96. The average Bonchev–Trinajstić information content (AvgIpc) is 2.61. The van der Waals surface area contributed by atoms with Crippen LogP contribution < -0.4 is 10.5 Å². The molecule has 0 saturated heterocycles. The third-order valence-electron chi connectivity index (χ3n) is 1.91. The number of hydrogen-bond donors (Lipinski definition) is 2. The molecule has 13 heavy (non-hydrogen) atoms. The Hall–Kier alpha value is -1.48. The summed E-state index contributed by atoms with van der Waals surface area (Å²) in [6.07, 6.45) is 1.91. The molecule has 0 atom stereocenters. The van der Waals surface area contributed by atoms with E-state index in [1.165, 1.54) is 0 Å². The highest BCUT2D eigenvalue weighted by atomic mass is 16.5. The second-order valence-electron chi connectivity index (χ2n) is 2.86. The van der Waals surface area contributed by atoms with Crippen molar-refractivity contribution in [2.75, 3.05) is 13.2 Å². The maximum Gasteiger partial charge on any atom is 0.120 e. The van der Waals surface area contributed by atoms with Crippen LogP contribution in [0.3, 0.4) is 0 Å². The molecule has 0 unspecified atom stereocenters. The summed E-state index contributed by atoms with van der Waals surface area (Å²) in [7, 11) is 0. The van der Waals surface area contributed by atoms with E-state index in [0.717, 1.165) is 16.7 Å². The number of aromatic amines is 1. The first-order valence-electron chi connectivity index (χ1n) is 4.30. The van der Waals surface area contributed by atoms with E-state index in [2.05, 4.69) is 4.98 Å². The lowest BCUT2D eigenvalue weighted by molar-refractivity contribution is 0.329. The molecule has 0 aliphatic carbocycles. The summed E-state index contributed by atoms with van der Waals surface area (Å²) in [5.74, 6) is 0.873. The van der Waals surface area contributed by atoms with E-state index in [0.29, 0.717) is 13.2 Å². The summed E-state index contributed by atoms with van der Waals surface area (Å²) < 4.78 is 5.39. The third kappa shape index (κ3) is 1.65. The van der Waals surface area contributed by atoms with Crippen molar-refractivity contribution in [2.24, 2.45) is 5.73 Å². The van der Waals surface area contributed by atoms with E-state index >= 15 is 0 Å². The monoisotopic (exact) mass is 176 g/mol. The molecule has 2 aromatic rings. The van der Waals surface area contributed by atoms with Gasteiger partial charge in [-0.05, 0) is 24.3 Å². The molecule has 0 amide bonds. The van der Waals surface area contributed by atoms with E-state index in [1.807, 2.05) is 30.5 Å². The Bertz CT molecular complexity index is 394. The van der Waals surface area contributed by atoms with Gasteiger partial charge in [-0.25, -0.2) is 0 Å². The van der Waals surface area contributed by atoms with Crippen molar-refractivity contribution in [3.05, 3.63) is 30.5 Å². The van der Waals surface area contributed by atoms with Crippen molar-refractivity contribution in [1.29, 1.82) is 0 Å². The van der Waals surface area contributed by atoms with Gasteiger partial charge in [-0.3, -0.25) is 0 Å². The molecule has 3 nitrogen and oxygen atoms in total. The fourth-order valence-electron chi connectivity index (χ4n) is 1.30. The Morgan fingerprint density at radius 3 is 3.08 bits per heavy atom. The van der Waals surface area contributed by atoms with Crippen molar-refractivity contribution in [2.45, 2.75) is 0 Å². The molecule has 0 spiro atoms. The predicted octanol–water partition coefficient (Wildman–Crippen LogP) is 1.51. The quantitative estimate of drug-likeness (QED) is 0.744. The van der Waals surface area contributed by atoms with Gasteiger partial charge in [-0.1, -0.05) is 0 Å². The summed E-state index contributed by atoms with van der Waals surface area (Å²) in [5, 5.41) is 1.16. The van der Waals surface area contributed by atoms with Crippen LogP contribution in [0.15, 0.2) is 30.5 Å². The summed E-state index contributed by atoms with van der Waals surface area (Å²) in [5.41, 5.74) is 6.46. The average molecular weight is 176 g/mol. The fraction of sp³-hybridized carbons (Fsp3) is 0.200. The van der Waals surface area contributed by atoms with Crippen LogP contribution in [-0.4, -0.2) is 18.1 Å². The third-order valence-corrected chi connectivity index (χ3v) is 1.91. The van der Waals surface area contributed by atoms with Crippen molar-refractivity contribution < 1.29 is 4.74 Å². The molecule has 1 heterocycles. The van der Waals surface area contributed by atoms with Crippen LogP contribution in [0.4, 0.5) is 0 Å². The fourth-order valence-corrected chi connectivity index (χ4v) is 1.30. The first-order chi connectivity index (χ1) is 6.40. The molecule has 0 aliphatic rings. The molecule has 3 N–H and O–H groups in total. The van der Waals surface area contributed by atoms with Gasteiger partial charge in [0.15, 0.2) is 0 Å². The summed E-state index contributed by atoms with van der Waals surface area (Å²) in [6.45, 7) is 1.11. The Kier molecular flexibility index (Phi) is 2.19. The molecule has 3 heteroatoms. The van der Waals surface area contributed by atoms with E-state index in [-0.39, 0.29) is 0 Å². The number of ether oxygens (including phenoxy) is 1. The number of aromatic nitrogens is 1. The molecule has 0 aliphatic heterocycles. The first-order valence-corrected chi connectivity index (χ1v) is 4.30. The molecule has 2 rings (SSSR count). The number of fused-ring (bicyclic) bond motifs is 1. The second kappa shape index (κ2) is 3.49. The highest BCUT2D eigenvalue weighted by Gasteiger charge is 1.96. The highest BCUT2D eigenvalue weighted by Crippen LogP contribution is 2.19. The summed E-state index contributed by atoms with van der Waals surface area (Å²) >= 11 is 0. The van der Waals surface area contributed by atoms with Gasteiger partial charge in [0.1, 0.15) is 12.4 Å². The second-order valence-corrected chi connectivity index (χ2v) is 2.86. The zero-order chi connectivity index (χ0) is 9.10. The minimum Gasteiger partial charge on any atom is -0.492 e. The minimum atomic E-state index is 0.547. The lowest BCUT2D eigenvalue weighted by Crippen LogP contribution is -2.10. The molecular weight excluding hydrogens is 164 g/mol. The lowest BCUT2D eigenvalue weighted by atomic mass is 10.2. The highest BCUT2D eigenvalue weighted by molar-refractivity contribution is 5.80. The first kappa shape index (κ1) is 8.13. The van der Waals surface area contributed by atoms with Gasteiger partial charge in [-0.2, -0.15) is 0 Å². The van der Waals surface area contributed by atoms with E-state index < -0.39 is 0 Å². The molecule has 1 aromatic heterocycles. The lowest BCUT2D eigenvalue weighted by Gasteiger charge is -2.03. The molecule has 0 radical (unpaired) electrons. The molecule has 68 valence electrons. The molecule has 0 fully saturated rings. The van der Waals surface area contributed by atoms with Crippen LogP contribution >= 0.6 is 0 Å². The zero-order valence-corrected chi connectivity index (χ0v) is 7.29. The largest absolute Gasteiger partial charge is 0.492 e. The van der Waals surface area contributed by atoms with Gasteiger partial charge in [0.2, 0.25) is 0 Å². The van der Waals surface area contributed by atoms with Gasteiger partial charge < -0.3 is 15.5 Å². The molecule has 0 saturated carbocycles. The van der Waals surface area contributed by atoms with Crippen LogP contribution in [0.2, 0.25) is 0 Å². The normalized spacial score (nSPS) is 10.5. The number of H-pyrrole nitrogens is 1. The van der Waals surface area contributed by atoms with Crippen LogP contribution in [0, 0.1) is 0 Å². The van der Waals surface area contributed by atoms with E-state index in [9.17, 15) is 0 Å². The topological polar surface area (TPSA) is 51.0 Å². The molecule has 1 aromatic carbocycles. The van der Waals surface area contributed by atoms with Crippen molar-refractivity contribution in [3.8, 4) is 5.75 Å². The molecule has 0 bridgehead atoms. The number of hydrogen-bond acceptors (Lipinski definition) is 2. The Morgan fingerprint density at radius 2 is 2.23 bits per heavy atom. The van der Waals surface area contributed by atoms with Gasteiger partial charge in [0, 0.05) is 23.6 Å². The zero-order valence-electron chi connectivity index (χ0n) is 7.29. The smallest absolute Gasteiger partial charge is 0.120 e. The van der Waals surface area contributed by atoms with Gasteiger partial charge >= 0.3 is 0 Å². The van der Waals surface area contributed by atoms with Crippen LogP contribution in [0.5, 0.6) is 5.75 Å². The SMILES string of the molecule is NCCOc1ccc2[nH]ccc2c1. The minimum absolute atomic E-state index is 0.547. The standard InChI is InChI=1S/C10H12N2O/c11-4-6-13-9-1-2-10-8(7-9)3-5-12-10/h1-3,5,7,12H,4,6,11H2. The van der Waals surface area contributed by atoms with Crippen molar-refractivity contribution >= 4 is 10.9 Å². The number of nitrogens with two attached hydrogens (primary N) is 1. The Morgan fingerprint density at radius 1 is 1.31 bits per heavy atom. The molecular formula is C10H12N2O. The maximum absolute atomic E-state index is 5.39. The van der Waals surface area contributed by atoms with Gasteiger partial charge in [-0.15, -0.1) is 0 Å². The van der Waals surface area contributed by atoms with E-state index in [1.54, 1.807) is 0 Å². The number of rotatable bonds is 3. The van der Waals surface area contributed by atoms with Crippen LogP contribution in [-0.2, 0) is 0 Å². The van der Waals surface area contributed by atoms with Gasteiger partial charge in [0.25, 0.3) is 0 Å². The number of benzene rings is 1. The van der Waals surface area contributed by atoms with Gasteiger partial charge in [0.05, 0.1) is 0 Å². The van der Waals surface area contributed by atoms with Crippen LogP contribution in [0.25, 0.3) is 10.9 Å². The summed E-state index contributed by atoms with van der Waals surface area (Å²) in [4.78, 5) is 3.12. The predicted molar refractivity (Wildman–Crippen MR) is 52.8 cm³/mol. The Labute approximate surface area is 76.5 Å². The van der Waals surface area contributed by atoms with E-state index in [4.69, 9.17) is 10.5 Å². The van der Waals surface area contributed by atoms with Crippen molar-refractivity contribution in [3.63, 3.8) is 0 Å².